The van der Waals surface area contributed by atoms with Crippen LogP contribution < -0.4 is 10.3 Å². The predicted molar refractivity (Wildman–Crippen MR) is 79.8 cm³/mol. The average Bonchev–Trinajstić information content (AvgIpc) is 3.03. The molecule has 0 radical (unpaired) electrons. The van der Waals surface area contributed by atoms with Crippen LogP contribution in [0.1, 0.15) is 20.0 Å². The van der Waals surface area contributed by atoms with Crippen LogP contribution in [0.25, 0.3) is 0 Å². The highest BCUT2D eigenvalue weighted by molar-refractivity contribution is 7.89. The normalized spacial score (nSPS) is 11.0. The van der Waals surface area contributed by atoms with E-state index in [-0.39, 0.29) is 15.3 Å². The molecule has 1 heterocycles. The van der Waals surface area contributed by atoms with Crippen molar-refractivity contribution in [1.29, 1.82) is 0 Å². The Balaban J connectivity index is 2.17. The van der Waals surface area contributed by atoms with Crippen LogP contribution >= 0.6 is 11.3 Å². The Hall–Kier alpha value is -2.30. The molecule has 2 N–H and O–H groups in total. The number of halogens is 1. The van der Waals surface area contributed by atoms with Gasteiger partial charge in [-0.2, -0.15) is 0 Å². The van der Waals surface area contributed by atoms with Crippen LogP contribution in [-0.4, -0.2) is 27.4 Å². The van der Waals surface area contributed by atoms with Gasteiger partial charge in [-0.05, 0) is 23.6 Å². The number of carbonyl (C=O) groups is 2. The maximum Gasteiger partial charge on any atom is 0.349 e. The zero-order chi connectivity index (χ0) is 17.0. The molecule has 1 aromatic heterocycles. The van der Waals surface area contributed by atoms with Crippen LogP contribution in [0.2, 0.25) is 0 Å². The second-order valence-corrected chi connectivity index (χ2v) is 6.71. The summed E-state index contributed by atoms with van der Waals surface area (Å²) in [5.41, 5.74) is 1.56. The van der Waals surface area contributed by atoms with E-state index in [0.29, 0.717) is 0 Å². The lowest BCUT2D eigenvalue weighted by Gasteiger charge is -2.09. The summed E-state index contributed by atoms with van der Waals surface area (Å²) in [6.45, 7) is 0. The third kappa shape index (κ3) is 3.73. The number of nitrogens with one attached hydrogen (secondary N) is 2. The van der Waals surface area contributed by atoms with Gasteiger partial charge in [-0.1, -0.05) is 12.1 Å². The first-order valence-electron chi connectivity index (χ1n) is 6.09. The number of benzene rings is 1. The van der Waals surface area contributed by atoms with E-state index in [1.807, 2.05) is 10.3 Å². The maximum atomic E-state index is 13.5. The first-order valence-corrected chi connectivity index (χ1v) is 8.45. The van der Waals surface area contributed by atoms with Crippen molar-refractivity contribution in [3.63, 3.8) is 0 Å². The van der Waals surface area contributed by atoms with Crippen molar-refractivity contribution >= 4 is 33.2 Å². The largest absolute Gasteiger partial charge is 0.465 e. The standard InChI is InChI=1S/C13H11FN2O5S2/c1-21-13(18)11-10(6-7-22-11)23(19,20)16-15-12(17)8-4-2-3-5-9(8)14/h2-7,16H,1H3,(H,15,17). The molecule has 0 aliphatic rings. The van der Waals surface area contributed by atoms with Crippen LogP contribution in [0.15, 0.2) is 40.6 Å². The molecule has 7 nitrogen and oxygen atoms in total. The number of esters is 1. The monoisotopic (exact) mass is 358 g/mol. The number of sulfonamides is 1. The van der Waals surface area contributed by atoms with E-state index >= 15 is 0 Å². The third-order valence-electron chi connectivity index (χ3n) is 2.71. The van der Waals surface area contributed by atoms with Gasteiger partial charge in [0, 0.05) is 0 Å². The van der Waals surface area contributed by atoms with Crippen LogP contribution in [0, 0.1) is 5.82 Å². The van der Waals surface area contributed by atoms with Crippen molar-refractivity contribution in [3.05, 3.63) is 52.0 Å². The molecule has 2 rings (SSSR count). The molecule has 0 aliphatic heterocycles. The van der Waals surface area contributed by atoms with Gasteiger partial charge < -0.3 is 4.74 Å². The SMILES string of the molecule is COC(=O)c1sccc1S(=O)(=O)NNC(=O)c1ccccc1F. The van der Waals surface area contributed by atoms with Crippen molar-refractivity contribution in [2.45, 2.75) is 4.90 Å². The molecule has 0 bridgehead atoms. The van der Waals surface area contributed by atoms with Crippen LogP contribution in [0.4, 0.5) is 4.39 Å². The van der Waals surface area contributed by atoms with Gasteiger partial charge in [0.15, 0.2) is 0 Å². The number of methoxy groups -OCH3 is 1. The smallest absolute Gasteiger partial charge is 0.349 e. The number of carbonyl (C=O) groups excluding carboxylic acids is 2. The fourth-order valence-electron chi connectivity index (χ4n) is 1.63. The number of ether oxygens (including phenoxy) is 1. The van der Waals surface area contributed by atoms with E-state index < -0.39 is 27.7 Å². The zero-order valence-electron chi connectivity index (χ0n) is 11.7. The molecule has 0 fully saturated rings. The summed E-state index contributed by atoms with van der Waals surface area (Å²) in [5.74, 6) is -2.59. The minimum Gasteiger partial charge on any atom is -0.465 e. The minimum atomic E-state index is -4.21. The van der Waals surface area contributed by atoms with E-state index in [0.717, 1.165) is 24.5 Å². The van der Waals surface area contributed by atoms with Gasteiger partial charge in [0.2, 0.25) is 0 Å². The summed E-state index contributed by atoms with van der Waals surface area (Å²) in [6.07, 6.45) is 0. The number of rotatable bonds is 5. The van der Waals surface area contributed by atoms with Crippen LogP contribution in [0.3, 0.4) is 0 Å². The summed E-state index contributed by atoms with van der Waals surface area (Å²) in [5, 5.41) is 1.39. The van der Waals surface area contributed by atoms with Gasteiger partial charge in [0.1, 0.15) is 15.6 Å². The molecule has 1 amide bonds. The molecule has 23 heavy (non-hydrogen) atoms. The molecular formula is C13H11FN2O5S2. The Morgan fingerprint density at radius 1 is 1.22 bits per heavy atom. The van der Waals surface area contributed by atoms with Gasteiger partial charge in [-0.3, -0.25) is 10.2 Å². The number of hydrogen-bond acceptors (Lipinski definition) is 6. The first kappa shape index (κ1) is 17.1. The average molecular weight is 358 g/mol. The Bertz CT molecular complexity index is 848. The number of hydrazine groups is 1. The summed E-state index contributed by atoms with van der Waals surface area (Å²) in [4.78, 5) is 24.6. The van der Waals surface area contributed by atoms with Crippen LogP contribution in [-0.2, 0) is 14.8 Å². The highest BCUT2D eigenvalue weighted by Gasteiger charge is 2.25. The van der Waals surface area contributed by atoms with Crippen molar-refractivity contribution in [2.75, 3.05) is 7.11 Å². The Labute approximate surface area is 135 Å². The van der Waals surface area contributed by atoms with Gasteiger partial charge in [-0.15, -0.1) is 16.2 Å². The molecule has 0 aliphatic carbocycles. The molecule has 0 atom stereocenters. The molecule has 122 valence electrons. The molecule has 1 aromatic carbocycles. The summed E-state index contributed by atoms with van der Waals surface area (Å²) >= 11 is 0.876. The van der Waals surface area contributed by atoms with Gasteiger partial charge >= 0.3 is 5.97 Å². The highest BCUT2D eigenvalue weighted by Crippen LogP contribution is 2.22. The number of amides is 1. The first-order chi connectivity index (χ1) is 10.9. The van der Waals surface area contributed by atoms with Crippen molar-refractivity contribution < 1.29 is 27.1 Å². The molecule has 2 aromatic rings. The number of thiophene rings is 1. The molecule has 0 spiro atoms. The van der Waals surface area contributed by atoms with Gasteiger partial charge in [-0.25, -0.2) is 17.6 Å². The maximum absolute atomic E-state index is 13.5. The predicted octanol–water partition coefficient (Wildman–Crippen LogP) is 1.30. The summed E-state index contributed by atoms with van der Waals surface area (Å²) in [6, 6.07) is 6.28. The Morgan fingerprint density at radius 3 is 2.57 bits per heavy atom. The van der Waals surface area contributed by atoms with Crippen molar-refractivity contribution in [1.82, 2.24) is 10.3 Å². The van der Waals surface area contributed by atoms with E-state index in [1.54, 1.807) is 0 Å². The summed E-state index contributed by atoms with van der Waals surface area (Å²) < 4.78 is 42.2. The van der Waals surface area contributed by atoms with E-state index in [4.69, 9.17) is 0 Å². The van der Waals surface area contributed by atoms with Crippen molar-refractivity contribution in [3.8, 4) is 0 Å². The molecule has 0 saturated heterocycles. The lowest BCUT2D eigenvalue weighted by atomic mass is 10.2. The molecule has 10 heteroatoms. The number of hydrogen-bond donors (Lipinski definition) is 2. The molecular weight excluding hydrogens is 347 g/mol. The lowest BCUT2D eigenvalue weighted by molar-refractivity contribution is 0.0602. The fraction of sp³-hybridized carbons (Fsp3) is 0.0769. The van der Waals surface area contributed by atoms with Gasteiger partial charge in [0.25, 0.3) is 15.9 Å². The topological polar surface area (TPSA) is 102 Å². The van der Waals surface area contributed by atoms with E-state index in [2.05, 4.69) is 4.74 Å². The summed E-state index contributed by atoms with van der Waals surface area (Å²) in [7, 11) is -3.10. The molecule has 0 saturated carbocycles. The van der Waals surface area contributed by atoms with E-state index in [9.17, 15) is 22.4 Å². The fourth-order valence-corrected chi connectivity index (χ4v) is 3.81. The molecule has 0 unspecified atom stereocenters. The van der Waals surface area contributed by atoms with Crippen molar-refractivity contribution in [2.24, 2.45) is 0 Å². The minimum absolute atomic E-state index is 0.139. The van der Waals surface area contributed by atoms with E-state index in [1.165, 1.54) is 29.6 Å². The van der Waals surface area contributed by atoms with Crippen LogP contribution in [0.5, 0.6) is 0 Å². The Morgan fingerprint density at radius 2 is 1.91 bits per heavy atom. The lowest BCUT2D eigenvalue weighted by Crippen LogP contribution is -2.42. The highest BCUT2D eigenvalue weighted by atomic mass is 32.2. The zero-order valence-corrected chi connectivity index (χ0v) is 13.3. The Kier molecular flexibility index (Phi) is 5.08. The quantitative estimate of drug-likeness (QED) is 0.620. The second-order valence-electron chi connectivity index (χ2n) is 4.15. The van der Waals surface area contributed by atoms with Gasteiger partial charge in [0.05, 0.1) is 12.7 Å². The second kappa shape index (κ2) is 6.86. The third-order valence-corrected chi connectivity index (χ3v) is 5.02.